The standard InChI is InChI=1S/C13H14N2O3/c1-18-11-5-2-4-10(8-11)12(9-15(16)17)13-6-3-7-14-13/h2-8,12,14H,9H2,1H3. The van der Waals surface area contributed by atoms with Gasteiger partial charge in [0.05, 0.1) is 13.0 Å². The third-order valence-electron chi connectivity index (χ3n) is 2.83. The second-order valence-electron chi connectivity index (χ2n) is 3.97. The van der Waals surface area contributed by atoms with Crippen LogP contribution in [0.15, 0.2) is 42.6 Å². The normalized spacial score (nSPS) is 12.1. The maximum atomic E-state index is 10.8. The third-order valence-corrected chi connectivity index (χ3v) is 2.83. The lowest BCUT2D eigenvalue weighted by Crippen LogP contribution is -2.14. The van der Waals surface area contributed by atoms with Crippen LogP contribution >= 0.6 is 0 Å². The van der Waals surface area contributed by atoms with Gasteiger partial charge < -0.3 is 9.72 Å². The van der Waals surface area contributed by atoms with Gasteiger partial charge in [-0.2, -0.15) is 0 Å². The van der Waals surface area contributed by atoms with E-state index in [9.17, 15) is 10.1 Å². The van der Waals surface area contributed by atoms with Crippen LogP contribution in [0.2, 0.25) is 0 Å². The summed E-state index contributed by atoms with van der Waals surface area (Å²) in [4.78, 5) is 13.5. The third kappa shape index (κ3) is 2.68. The van der Waals surface area contributed by atoms with E-state index in [1.807, 2.05) is 36.4 Å². The smallest absolute Gasteiger partial charge is 0.216 e. The Labute approximate surface area is 105 Å². The second kappa shape index (κ2) is 5.35. The van der Waals surface area contributed by atoms with Crippen molar-refractivity contribution in [1.29, 1.82) is 0 Å². The topological polar surface area (TPSA) is 68.2 Å². The quantitative estimate of drug-likeness (QED) is 0.650. The number of aromatic amines is 1. The zero-order valence-electron chi connectivity index (χ0n) is 10.00. The number of ether oxygens (including phenoxy) is 1. The van der Waals surface area contributed by atoms with Gasteiger partial charge in [0.15, 0.2) is 0 Å². The average molecular weight is 246 g/mol. The van der Waals surface area contributed by atoms with Gasteiger partial charge in [0.25, 0.3) is 0 Å². The lowest BCUT2D eigenvalue weighted by Gasteiger charge is -2.13. The molecular weight excluding hydrogens is 232 g/mol. The summed E-state index contributed by atoms with van der Waals surface area (Å²) in [7, 11) is 1.58. The number of benzene rings is 1. The molecule has 0 aliphatic rings. The zero-order chi connectivity index (χ0) is 13.0. The Balaban J connectivity index is 2.36. The number of nitro groups is 1. The maximum absolute atomic E-state index is 10.8. The summed E-state index contributed by atoms with van der Waals surface area (Å²) in [5.74, 6) is 0.414. The van der Waals surface area contributed by atoms with Gasteiger partial charge in [-0.05, 0) is 29.8 Å². The number of nitrogens with one attached hydrogen (secondary N) is 1. The van der Waals surface area contributed by atoms with Crippen LogP contribution in [0.4, 0.5) is 0 Å². The molecule has 0 amide bonds. The fourth-order valence-electron chi connectivity index (χ4n) is 1.95. The van der Waals surface area contributed by atoms with Crippen LogP contribution in [-0.4, -0.2) is 23.6 Å². The first-order chi connectivity index (χ1) is 8.70. The first-order valence-electron chi connectivity index (χ1n) is 5.59. The number of rotatable bonds is 5. The van der Waals surface area contributed by atoms with Gasteiger partial charge in [-0.15, -0.1) is 0 Å². The Morgan fingerprint density at radius 3 is 2.83 bits per heavy atom. The summed E-state index contributed by atoms with van der Waals surface area (Å²) in [6, 6.07) is 11.0. The van der Waals surface area contributed by atoms with Gasteiger partial charge >= 0.3 is 0 Å². The Hall–Kier alpha value is -2.30. The monoisotopic (exact) mass is 246 g/mol. The molecule has 0 bridgehead atoms. The largest absolute Gasteiger partial charge is 0.497 e. The van der Waals surface area contributed by atoms with Crippen LogP contribution in [0.25, 0.3) is 0 Å². The molecule has 2 aromatic rings. The average Bonchev–Trinajstić information content (AvgIpc) is 2.89. The summed E-state index contributed by atoms with van der Waals surface area (Å²) >= 11 is 0. The number of H-pyrrole nitrogens is 1. The molecule has 1 N–H and O–H groups in total. The fourth-order valence-corrected chi connectivity index (χ4v) is 1.95. The van der Waals surface area contributed by atoms with Crippen molar-refractivity contribution in [3.63, 3.8) is 0 Å². The van der Waals surface area contributed by atoms with E-state index in [0.717, 1.165) is 11.3 Å². The van der Waals surface area contributed by atoms with Gasteiger partial charge in [0.2, 0.25) is 6.54 Å². The molecule has 1 heterocycles. The van der Waals surface area contributed by atoms with Crippen LogP contribution < -0.4 is 4.74 Å². The van der Waals surface area contributed by atoms with Crippen molar-refractivity contribution in [2.75, 3.05) is 13.7 Å². The molecule has 0 aliphatic heterocycles. The molecule has 0 fully saturated rings. The van der Waals surface area contributed by atoms with Crippen molar-refractivity contribution in [3.05, 3.63) is 64.0 Å². The molecule has 0 saturated carbocycles. The minimum atomic E-state index is -0.301. The Kier molecular flexibility index (Phi) is 3.62. The van der Waals surface area contributed by atoms with Crippen molar-refractivity contribution in [3.8, 4) is 5.75 Å². The zero-order valence-corrected chi connectivity index (χ0v) is 10.00. The van der Waals surface area contributed by atoms with Crippen molar-refractivity contribution in [1.82, 2.24) is 4.98 Å². The first kappa shape index (κ1) is 12.2. The molecule has 18 heavy (non-hydrogen) atoms. The number of aromatic nitrogens is 1. The first-order valence-corrected chi connectivity index (χ1v) is 5.59. The highest BCUT2D eigenvalue weighted by atomic mass is 16.6. The minimum Gasteiger partial charge on any atom is -0.497 e. The molecule has 0 radical (unpaired) electrons. The predicted molar refractivity (Wildman–Crippen MR) is 67.5 cm³/mol. The van der Waals surface area contributed by atoms with Crippen LogP contribution in [0, 0.1) is 10.1 Å². The molecule has 5 nitrogen and oxygen atoms in total. The van der Waals surface area contributed by atoms with Gasteiger partial charge in [0, 0.05) is 16.8 Å². The molecule has 0 aliphatic carbocycles. The van der Waals surface area contributed by atoms with Gasteiger partial charge in [0.1, 0.15) is 5.75 Å². The van der Waals surface area contributed by atoms with Gasteiger partial charge in [-0.1, -0.05) is 12.1 Å². The summed E-state index contributed by atoms with van der Waals surface area (Å²) < 4.78 is 5.15. The van der Waals surface area contributed by atoms with Crippen LogP contribution in [0.3, 0.4) is 0 Å². The number of hydrogen-bond donors (Lipinski definition) is 1. The Morgan fingerprint density at radius 2 is 2.22 bits per heavy atom. The molecule has 1 unspecified atom stereocenters. The highest BCUT2D eigenvalue weighted by Crippen LogP contribution is 2.26. The van der Waals surface area contributed by atoms with E-state index >= 15 is 0 Å². The van der Waals surface area contributed by atoms with Crippen molar-refractivity contribution in [2.24, 2.45) is 0 Å². The van der Waals surface area contributed by atoms with E-state index in [-0.39, 0.29) is 17.4 Å². The second-order valence-corrected chi connectivity index (χ2v) is 3.97. The highest BCUT2D eigenvalue weighted by Gasteiger charge is 2.21. The molecule has 94 valence electrons. The molecule has 0 saturated heterocycles. The number of methoxy groups -OCH3 is 1. The highest BCUT2D eigenvalue weighted by molar-refractivity contribution is 5.35. The van der Waals surface area contributed by atoms with Crippen LogP contribution in [0.5, 0.6) is 5.75 Å². The molecular formula is C13H14N2O3. The maximum Gasteiger partial charge on any atom is 0.216 e. The van der Waals surface area contributed by atoms with Crippen molar-refractivity contribution in [2.45, 2.75) is 5.92 Å². The number of nitrogens with zero attached hydrogens (tertiary/aromatic N) is 1. The van der Waals surface area contributed by atoms with Gasteiger partial charge in [-0.3, -0.25) is 10.1 Å². The fraction of sp³-hybridized carbons (Fsp3) is 0.231. The Morgan fingerprint density at radius 1 is 1.39 bits per heavy atom. The molecule has 2 rings (SSSR count). The van der Waals surface area contributed by atoms with Crippen LogP contribution in [0.1, 0.15) is 17.2 Å². The van der Waals surface area contributed by atoms with E-state index in [1.165, 1.54) is 0 Å². The SMILES string of the molecule is COc1cccc(C(C[N+](=O)[O-])c2ccc[nH]2)c1. The van der Waals surface area contributed by atoms with E-state index in [1.54, 1.807) is 13.3 Å². The lowest BCUT2D eigenvalue weighted by atomic mass is 9.96. The number of hydrogen-bond acceptors (Lipinski definition) is 3. The van der Waals surface area contributed by atoms with Crippen molar-refractivity contribution >= 4 is 0 Å². The predicted octanol–water partition coefficient (Wildman–Crippen LogP) is 2.43. The summed E-state index contributed by atoms with van der Waals surface area (Å²) in [5.41, 5.74) is 1.70. The van der Waals surface area contributed by atoms with E-state index < -0.39 is 0 Å². The Bertz CT molecular complexity index is 523. The molecule has 0 spiro atoms. The molecule has 1 aromatic heterocycles. The summed E-state index contributed by atoms with van der Waals surface area (Å²) in [6.07, 6.45) is 1.77. The van der Waals surface area contributed by atoms with Gasteiger partial charge in [-0.25, -0.2) is 0 Å². The molecule has 1 aromatic carbocycles. The lowest BCUT2D eigenvalue weighted by molar-refractivity contribution is -0.481. The van der Waals surface area contributed by atoms with Crippen molar-refractivity contribution < 1.29 is 9.66 Å². The van der Waals surface area contributed by atoms with E-state index in [0.29, 0.717) is 5.75 Å². The molecule has 1 atom stereocenters. The summed E-state index contributed by atoms with van der Waals surface area (Å²) in [6.45, 7) is -0.145. The molecule has 5 heteroatoms. The van der Waals surface area contributed by atoms with Crippen LogP contribution in [-0.2, 0) is 0 Å². The summed E-state index contributed by atoms with van der Waals surface area (Å²) in [5, 5.41) is 10.8. The van der Waals surface area contributed by atoms with E-state index in [4.69, 9.17) is 4.74 Å². The minimum absolute atomic E-state index is 0.145. The van der Waals surface area contributed by atoms with E-state index in [2.05, 4.69) is 4.98 Å².